The Morgan fingerprint density at radius 3 is 1.40 bits per heavy atom. The molecule has 6 amide bonds. The molecule has 32 nitrogen and oxygen atoms in total. The van der Waals surface area contributed by atoms with Crippen LogP contribution in [0.4, 0.5) is 4.79 Å². The van der Waals surface area contributed by atoms with Crippen molar-refractivity contribution < 1.29 is 127 Å². The molecule has 4 saturated carbocycles. The molecule has 107 heavy (non-hydrogen) atoms. The van der Waals surface area contributed by atoms with E-state index in [-0.39, 0.29) is 93.5 Å². The summed E-state index contributed by atoms with van der Waals surface area (Å²) in [5.74, 6) is -4.07. The maximum Gasteiger partial charge on any atom is 0.314 e. The molecule has 6 saturated heterocycles. The number of hydrogen-bond donors (Lipinski definition) is 14. The molecule has 0 spiro atoms. The molecule has 14 N–H and O–H groups in total. The number of ether oxygens (including phenoxy) is 10. The van der Waals surface area contributed by atoms with Crippen LogP contribution in [0, 0.1) is 41.4 Å². The molecule has 0 bridgehead atoms. The van der Waals surface area contributed by atoms with E-state index >= 15 is 0 Å². The number of nitrogens with zero attached hydrogens (tertiary/aromatic N) is 2. The molecule has 4 aliphatic carbocycles. The number of rotatable bonds is 32. The topological polar surface area (TPSA) is 452 Å². The molecule has 0 aromatic rings. The van der Waals surface area contributed by atoms with E-state index < -0.39 is 208 Å². The van der Waals surface area contributed by atoms with Crippen molar-refractivity contribution >= 4 is 35.4 Å². The Morgan fingerprint density at radius 2 is 0.925 bits per heavy atom. The predicted octanol–water partition coefficient (Wildman–Crippen LogP) is 0.0293. The first-order valence-electron chi connectivity index (χ1n) is 40.2. The minimum absolute atomic E-state index is 0.000292. The molecule has 32 heteroatoms. The van der Waals surface area contributed by atoms with Gasteiger partial charge in [0, 0.05) is 76.9 Å². The number of Topliss-reactive ketones (excluding diaryl/α,β-unsaturated/α-hetero) is 1. The van der Waals surface area contributed by atoms with Gasteiger partial charge >= 0.3 is 6.03 Å². The molecule has 6 heterocycles. The summed E-state index contributed by atoms with van der Waals surface area (Å²) in [6, 6.07) is -1.85. The van der Waals surface area contributed by atoms with Gasteiger partial charge in [-0.2, -0.15) is 0 Å². The minimum atomic E-state index is -1.70. The lowest BCUT2D eigenvalue weighted by Crippen LogP contribution is -2.67. The Morgan fingerprint density at radius 1 is 0.477 bits per heavy atom. The van der Waals surface area contributed by atoms with Crippen LogP contribution in [-0.4, -0.2) is 309 Å². The van der Waals surface area contributed by atoms with Crippen LogP contribution in [0.2, 0.25) is 0 Å². The number of ketones is 1. The Labute approximate surface area is 627 Å². The third kappa shape index (κ3) is 21.5. The fourth-order valence-corrected chi connectivity index (χ4v) is 17.7. The van der Waals surface area contributed by atoms with Crippen molar-refractivity contribution in [2.75, 3.05) is 59.0 Å². The van der Waals surface area contributed by atoms with E-state index in [2.05, 4.69) is 21.3 Å². The molecule has 10 fully saturated rings. The van der Waals surface area contributed by atoms with Crippen molar-refractivity contribution in [1.82, 2.24) is 31.1 Å². The SMILES string of the molecule is CC[C@H]1C[C@@H](C(=O)NCCNC(=O)NCCCC(=O)C2C[C@H](CC)[C@@H](O[C@@H]3O[C@@H](C)[C@@H](O)[C@@H](O)[C@@H]3O)[C@H](O[C@@H]3O[C@H](CO)[C@H](O)[C@H](O[C@@H](CC4CCCCC4)C(=O)N4CCC4)[C@H]3NC(C)=O)C2)C[C@@H](O[C@@H]2O[C@H](CO)[C@H](O)[C@H](O[C@@H](CC3CCCCC3)C(=O)N3CCC3)[C@H]2C)[C@@H]1O[C@@H]1O[C@@H](C)[C@@H](O)[C@@H](O)[C@@H]1O. The highest BCUT2D eigenvalue weighted by Crippen LogP contribution is 2.44. The monoisotopic (exact) mass is 1530 g/mol. The summed E-state index contributed by atoms with van der Waals surface area (Å²) < 4.78 is 64.7. The molecule has 6 aliphatic heterocycles. The number of hydrogen-bond acceptors (Lipinski definition) is 26. The molecule has 0 aromatic carbocycles. The predicted molar refractivity (Wildman–Crippen MR) is 378 cm³/mol. The average Bonchev–Trinajstić information content (AvgIpc) is 0.778. The standard InChI is InChI=1S/C75H126N6O26/c1-7-44-32-46(34-49(65(44)106-73-62(92)60(90)56(86)39(4)98-73)103-72-55(79-41(6)84)67(59(89)54(37-83)105-72)101-52(70(96)81-28-17-29-81)31-43-20-13-10-14-21-43)48(85)22-15-23-77-75(97)78-25-24-76-68(94)47-33-45(8-2)66(107-74-63(93)61(91)57(87)40(5)99-74)50(35-47)102-71-38(3)64(58(88)53(36-82)104-71)100-51(69(95)80-26-16-27-80)30-42-18-11-9-12-19-42/h38-40,42-47,49-67,71-74,82-83,86-93H,7-37H2,1-6H3,(H,76,94)(H,79,84)(H2,77,78,97)/t38-,39+,40+,44+,45+,46?,47-,49-,50-,51+,52+,53-,54-,55-,56-,57-,58+,59+,60-,61-,62+,63+,64-,65-,66-,67-,71-,72-,73+,74+/m1/s1. The normalized spacial score (nSPS) is 40.1. The summed E-state index contributed by atoms with van der Waals surface area (Å²) >= 11 is 0. The van der Waals surface area contributed by atoms with Crippen LogP contribution in [0.25, 0.3) is 0 Å². The Kier molecular flexibility index (Phi) is 32.1. The van der Waals surface area contributed by atoms with E-state index in [9.17, 15) is 79.8 Å². The highest BCUT2D eigenvalue weighted by molar-refractivity contribution is 5.83. The lowest BCUT2D eigenvalue weighted by atomic mass is 9.74. The Balaban J connectivity index is 0.764. The van der Waals surface area contributed by atoms with Gasteiger partial charge in [-0.15, -0.1) is 0 Å². The summed E-state index contributed by atoms with van der Waals surface area (Å²) in [6.07, 6.45) is -16.2. The summed E-state index contributed by atoms with van der Waals surface area (Å²) in [4.78, 5) is 87.0. The largest absolute Gasteiger partial charge is 0.394 e. The van der Waals surface area contributed by atoms with Crippen LogP contribution in [0.1, 0.15) is 183 Å². The third-order valence-corrected chi connectivity index (χ3v) is 24.6. The van der Waals surface area contributed by atoms with Gasteiger partial charge in [0.2, 0.25) is 11.8 Å². The van der Waals surface area contributed by atoms with Crippen molar-refractivity contribution in [2.45, 2.75) is 336 Å². The summed E-state index contributed by atoms with van der Waals surface area (Å²) in [5.41, 5.74) is 0. The van der Waals surface area contributed by atoms with Crippen LogP contribution in [0.3, 0.4) is 0 Å². The molecule has 30 atom stereocenters. The smallest absolute Gasteiger partial charge is 0.314 e. The summed E-state index contributed by atoms with van der Waals surface area (Å²) in [6.45, 7) is 10.9. The highest BCUT2D eigenvalue weighted by Gasteiger charge is 2.56. The number of aliphatic hydroxyl groups is 10. The van der Waals surface area contributed by atoms with Gasteiger partial charge in [0.15, 0.2) is 25.2 Å². The van der Waals surface area contributed by atoms with E-state index in [1.165, 1.54) is 20.8 Å². The van der Waals surface area contributed by atoms with Crippen LogP contribution in [0.5, 0.6) is 0 Å². The minimum Gasteiger partial charge on any atom is -0.394 e. The van der Waals surface area contributed by atoms with Crippen LogP contribution in [-0.2, 0) is 71.3 Å². The van der Waals surface area contributed by atoms with Crippen molar-refractivity contribution in [1.29, 1.82) is 0 Å². The average molecular weight is 1530 g/mol. The van der Waals surface area contributed by atoms with Crippen LogP contribution in [0.15, 0.2) is 0 Å². The van der Waals surface area contributed by atoms with Gasteiger partial charge in [-0.05, 0) is 95.3 Å². The lowest BCUT2D eigenvalue weighted by Gasteiger charge is -2.49. The molecular weight excluding hydrogens is 1400 g/mol. The van der Waals surface area contributed by atoms with Crippen LogP contribution < -0.4 is 21.3 Å². The van der Waals surface area contributed by atoms with Crippen molar-refractivity contribution in [3.63, 3.8) is 0 Å². The second-order valence-electron chi connectivity index (χ2n) is 32.2. The van der Waals surface area contributed by atoms with E-state index in [1.807, 2.05) is 13.8 Å². The molecule has 612 valence electrons. The molecule has 10 aliphatic rings. The number of urea groups is 1. The lowest BCUT2D eigenvalue weighted by molar-refractivity contribution is -0.343. The van der Waals surface area contributed by atoms with E-state index in [0.29, 0.717) is 51.9 Å². The van der Waals surface area contributed by atoms with Gasteiger partial charge < -0.3 is 130 Å². The zero-order valence-electron chi connectivity index (χ0n) is 63.3. The van der Waals surface area contributed by atoms with E-state index in [0.717, 1.165) is 77.0 Å². The van der Waals surface area contributed by atoms with Crippen molar-refractivity contribution in [3.8, 4) is 0 Å². The fraction of sp³-hybridized carbons (Fsp3) is 0.920. The molecule has 1 unspecified atom stereocenters. The third-order valence-electron chi connectivity index (χ3n) is 24.6. The fourth-order valence-electron chi connectivity index (χ4n) is 17.7. The van der Waals surface area contributed by atoms with E-state index in [1.54, 1.807) is 16.7 Å². The second-order valence-corrected chi connectivity index (χ2v) is 32.2. The van der Waals surface area contributed by atoms with Crippen LogP contribution >= 0.6 is 0 Å². The van der Waals surface area contributed by atoms with Gasteiger partial charge in [0.05, 0.1) is 55.9 Å². The number of nitrogens with one attached hydrogen (secondary N) is 4. The molecule has 0 aromatic heterocycles. The van der Waals surface area contributed by atoms with Gasteiger partial charge in [0.25, 0.3) is 11.8 Å². The number of carbonyl (C=O) groups is 6. The summed E-state index contributed by atoms with van der Waals surface area (Å²) in [7, 11) is 0. The van der Waals surface area contributed by atoms with Gasteiger partial charge in [-0.25, -0.2) is 4.79 Å². The van der Waals surface area contributed by atoms with Crippen molar-refractivity contribution in [3.05, 3.63) is 0 Å². The first-order valence-corrected chi connectivity index (χ1v) is 40.2. The zero-order chi connectivity index (χ0) is 76.9. The first kappa shape index (κ1) is 85.4. The Hall–Kier alpha value is -3.98. The second kappa shape index (κ2) is 40.2. The molecular formula is C75H126N6O26. The number of carbonyl (C=O) groups excluding carboxylic acids is 6. The van der Waals surface area contributed by atoms with Gasteiger partial charge in [0.1, 0.15) is 91.2 Å². The molecule has 0 radical (unpaired) electrons. The zero-order valence-corrected chi connectivity index (χ0v) is 63.3. The van der Waals surface area contributed by atoms with Crippen molar-refractivity contribution in [2.24, 2.45) is 41.4 Å². The number of amides is 6. The Bertz CT molecular complexity index is 2820. The quantitative estimate of drug-likeness (QED) is 0.0395. The maximum absolute atomic E-state index is 14.5. The highest BCUT2D eigenvalue weighted by atomic mass is 16.7. The first-order chi connectivity index (χ1) is 51.3. The maximum atomic E-state index is 14.5. The van der Waals surface area contributed by atoms with Gasteiger partial charge in [-0.3, -0.25) is 24.0 Å². The number of aliphatic hydroxyl groups excluding tert-OH is 10. The van der Waals surface area contributed by atoms with Gasteiger partial charge in [-0.1, -0.05) is 97.8 Å². The molecule has 10 rings (SSSR count). The van der Waals surface area contributed by atoms with E-state index in [4.69, 9.17) is 47.4 Å². The summed E-state index contributed by atoms with van der Waals surface area (Å²) in [5, 5.41) is 122. The number of likely N-dealkylation sites (tertiary alicyclic amines) is 2.